The van der Waals surface area contributed by atoms with E-state index in [4.69, 9.17) is 4.74 Å². The van der Waals surface area contributed by atoms with Crippen molar-refractivity contribution >= 4 is 0 Å². The number of aliphatic hydroxyl groups is 1. The molecule has 0 radical (unpaired) electrons. The highest BCUT2D eigenvalue weighted by molar-refractivity contribution is 4.76. The van der Waals surface area contributed by atoms with E-state index in [0.717, 1.165) is 12.8 Å². The first-order valence-corrected chi connectivity index (χ1v) is 4.44. The Morgan fingerprint density at radius 1 is 1.36 bits per heavy atom. The first-order valence-electron chi connectivity index (χ1n) is 4.44. The highest BCUT2D eigenvalue weighted by Crippen LogP contribution is 2.23. The van der Waals surface area contributed by atoms with E-state index < -0.39 is 0 Å². The zero-order valence-corrected chi connectivity index (χ0v) is 7.58. The van der Waals surface area contributed by atoms with Gasteiger partial charge in [-0.3, -0.25) is 0 Å². The molecule has 3 atom stereocenters. The molecule has 0 amide bonds. The van der Waals surface area contributed by atoms with Crippen LogP contribution in [-0.4, -0.2) is 23.4 Å². The van der Waals surface area contributed by atoms with E-state index in [1.54, 1.807) is 0 Å². The summed E-state index contributed by atoms with van der Waals surface area (Å²) in [6, 6.07) is 0. The van der Waals surface area contributed by atoms with Crippen LogP contribution in [0.4, 0.5) is 0 Å². The van der Waals surface area contributed by atoms with Crippen molar-refractivity contribution in [1.29, 1.82) is 0 Å². The molecule has 1 aliphatic rings. The molecule has 1 aliphatic heterocycles. The van der Waals surface area contributed by atoms with Crippen molar-refractivity contribution in [1.82, 2.24) is 0 Å². The summed E-state index contributed by atoms with van der Waals surface area (Å²) in [5.41, 5.74) is 0. The highest BCUT2D eigenvalue weighted by Gasteiger charge is 2.27. The van der Waals surface area contributed by atoms with Gasteiger partial charge in [-0.05, 0) is 25.7 Å². The van der Waals surface area contributed by atoms with Crippen LogP contribution >= 0.6 is 0 Å². The molecule has 0 spiro atoms. The topological polar surface area (TPSA) is 29.5 Å². The minimum absolute atomic E-state index is 0.0242. The molecule has 0 aromatic carbocycles. The summed E-state index contributed by atoms with van der Waals surface area (Å²) in [6.45, 7) is 6.27. The molecule has 1 rings (SSSR count). The van der Waals surface area contributed by atoms with Crippen LogP contribution in [0.25, 0.3) is 0 Å². The molecule has 1 heterocycles. The first kappa shape index (κ1) is 9.01. The average Bonchev–Trinajstić information content (AvgIpc) is 1.94. The molecule has 1 unspecified atom stereocenters. The van der Waals surface area contributed by atoms with Gasteiger partial charge in [0.05, 0.1) is 18.3 Å². The zero-order chi connectivity index (χ0) is 8.43. The lowest BCUT2D eigenvalue weighted by Gasteiger charge is -2.33. The van der Waals surface area contributed by atoms with Gasteiger partial charge < -0.3 is 9.84 Å². The third-order valence-corrected chi connectivity index (χ3v) is 2.42. The van der Waals surface area contributed by atoms with Crippen LogP contribution in [0.15, 0.2) is 0 Å². The molecular formula is C9H18O2. The monoisotopic (exact) mass is 158 g/mol. The molecule has 0 bridgehead atoms. The van der Waals surface area contributed by atoms with E-state index >= 15 is 0 Å². The molecule has 0 aliphatic carbocycles. The third-order valence-electron chi connectivity index (χ3n) is 2.42. The second kappa shape index (κ2) is 3.55. The van der Waals surface area contributed by atoms with Crippen LogP contribution < -0.4 is 0 Å². The molecule has 0 saturated carbocycles. The van der Waals surface area contributed by atoms with E-state index in [1.165, 1.54) is 0 Å². The molecule has 2 nitrogen and oxygen atoms in total. The van der Waals surface area contributed by atoms with Crippen molar-refractivity contribution in [3.63, 3.8) is 0 Å². The number of hydrogen-bond donors (Lipinski definition) is 1. The second-order valence-corrected chi connectivity index (χ2v) is 3.77. The molecule has 66 valence electrons. The Kier molecular flexibility index (Phi) is 2.90. The Bertz CT molecular complexity index is 123. The zero-order valence-electron chi connectivity index (χ0n) is 7.58. The minimum Gasteiger partial charge on any atom is -0.390 e. The standard InChI is InChI=1S/C9H18O2/c1-6(2)9-5-4-8(10)7(3)11-9/h6-10H,4-5H2,1-3H3/t7?,8-,9+/m0/s1. The maximum atomic E-state index is 9.35. The molecule has 0 aromatic heterocycles. The maximum absolute atomic E-state index is 9.35. The number of aliphatic hydroxyl groups excluding tert-OH is 1. The molecule has 1 fully saturated rings. The van der Waals surface area contributed by atoms with Gasteiger partial charge in [0.2, 0.25) is 0 Å². The Balaban J connectivity index is 2.40. The summed E-state index contributed by atoms with van der Waals surface area (Å²) in [5.74, 6) is 0.574. The van der Waals surface area contributed by atoms with E-state index in [-0.39, 0.29) is 12.2 Å². The van der Waals surface area contributed by atoms with Crippen LogP contribution in [0.5, 0.6) is 0 Å². The van der Waals surface area contributed by atoms with Crippen LogP contribution in [0.1, 0.15) is 33.6 Å². The van der Waals surface area contributed by atoms with Gasteiger partial charge in [-0.15, -0.1) is 0 Å². The maximum Gasteiger partial charge on any atom is 0.0809 e. The molecule has 0 aromatic rings. The summed E-state index contributed by atoms with van der Waals surface area (Å²) in [4.78, 5) is 0. The van der Waals surface area contributed by atoms with Gasteiger partial charge >= 0.3 is 0 Å². The molecule has 2 heteroatoms. The lowest BCUT2D eigenvalue weighted by atomic mass is 9.95. The number of rotatable bonds is 1. The van der Waals surface area contributed by atoms with Crippen molar-refractivity contribution in [3.8, 4) is 0 Å². The van der Waals surface area contributed by atoms with Gasteiger partial charge in [0.25, 0.3) is 0 Å². The summed E-state index contributed by atoms with van der Waals surface area (Å²) >= 11 is 0. The van der Waals surface area contributed by atoms with Gasteiger partial charge in [-0.1, -0.05) is 13.8 Å². The van der Waals surface area contributed by atoms with Gasteiger partial charge in [0.15, 0.2) is 0 Å². The van der Waals surface area contributed by atoms with E-state index in [1.807, 2.05) is 6.92 Å². The lowest BCUT2D eigenvalue weighted by molar-refractivity contribution is -0.122. The molecule has 1 saturated heterocycles. The van der Waals surface area contributed by atoms with Crippen molar-refractivity contribution in [2.75, 3.05) is 0 Å². The normalized spacial score (nSPS) is 39.5. The fourth-order valence-corrected chi connectivity index (χ4v) is 1.49. The van der Waals surface area contributed by atoms with Crippen molar-refractivity contribution in [2.45, 2.75) is 51.9 Å². The van der Waals surface area contributed by atoms with E-state index in [9.17, 15) is 5.11 Å². The minimum atomic E-state index is -0.245. The van der Waals surface area contributed by atoms with Crippen molar-refractivity contribution in [3.05, 3.63) is 0 Å². The Morgan fingerprint density at radius 3 is 2.45 bits per heavy atom. The van der Waals surface area contributed by atoms with Gasteiger partial charge in [0, 0.05) is 0 Å². The Labute approximate surface area is 68.6 Å². The Hall–Kier alpha value is -0.0800. The number of hydrogen-bond acceptors (Lipinski definition) is 2. The van der Waals surface area contributed by atoms with Crippen molar-refractivity contribution in [2.24, 2.45) is 5.92 Å². The van der Waals surface area contributed by atoms with Crippen LogP contribution in [0.2, 0.25) is 0 Å². The highest BCUT2D eigenvalue weighted by atomic mass is 16.5. The van der Waals surface area contributed by atoms with Gasteiger partial charge in [-0.25, -0.2) is 0 Å². The molecule has 11 heavy (non-hydrogen) atoms. The predicted molar refractivity (Wildman–Crippen MR) is 44.4 cm³/mol. The Morgan fingerprint density at radius 2 is 2.00 bits per heavy atom. The molecule has 1 N–H and O–H groups in total. The van der Waals surface area contributed by atoms with Crippen LogP contribution in [-0.2, 0) is 4.74 Å². The van der Waals surface area contributed by atoms with E-state index in [2.05, 4.69) is 13.8 Å². The van der Waals surface area contributed by atoms with E-state index in [0.29, 0.717) is 12.0 Å². The fraction of sp³-hybridized carbons (Fsp3) is 1.00. The summed E-state index contributed by atoms with van der Waals surface area (Å²) in [5, 5.41) is 9.35. The smallest absolute Gasteiger partial charge is 0.0809 e. The van der Waals surface area contributed by atoms with Crippen LogP contribution in [0, 0.1) is 5.92 Å². The average molecular weight is 158 g/mol. The number of ether oxygens (including phenoxy) is 1. The first-order chi connectivity index (χ1) is 5.11. The lowest BCUT2D eigenvalue weighted by Crippen LogP contribution is -2.38. The summed E-state index contributed by atoms with van der Waals surface area (Å²) in [7, 11) is 0. The van der Waals surface area contributed by atoms with Crippen LogP contribution in [0.3, 0.4) is 0 Å². The van der Waals surface area contributed by atoms with Gasteiger partial charge in [-0.2, -0.15) is 0 Å². The SMILES string of the molecule is CC1O[C@@H](C(C)C)CC[C@@H]1O. The third kappa shape index (κ3) is 2.17. The molecular weight excluding hydrogens is 140 g/mol. The second-order valence-electron chi connectivity index (χ2n) is 3.77. The van der Waals surface area contributed by atoms with Crippen molar-refractivity contribution < 1.29 is 9.84 Å². The largest absolute Gasteiger partial charge is 0.390 e. The fourth-order valence-electron chi connectivity index (χ4n) is 1.49. The van der Waals surface area contributed by atoms with Gasteiger partial charge in [0.1, 0.15) is 0 Å². The quantitative estimate of drug-likeness (QED) is 0.627. The predicted octanol–water partition coefficient (Wildman–Crippen LogP) is 1.57. The summed E-state index contributed by atoms with van der Waals surface area (Å²) in [6.07, 6.45) is 2.03. The summed E-state index contributed by atoms with van der Waals surface area (Å²) < 4.78 is 5.61.